The Kier molecular flexibility index (Phi) is 3.55. The zero-order valence-electron chi connectivity index (χ0n) is 11.0. The molecule has 20 heavy (non-hydrogen) atoms. The molecule has 100 valence electrons. The van der Waals surface area contributed by atoms with Gasteiger partial charge in [-0.2, -0.15) is 0 Å². The standard InChI is InChI=1S/C17H14BrNO/c1-11-6-13(8-14(18)7-11)17(20)16-10-19-9-12-4-2-3-5-15(12)16/h2-10,17,20H,1H3. The number of aromatic nitrogens is 1. The number of aryl methyl sites for hydroxylation is 1. The fraction of sp³-hybridized carbons (Fsp3) is 0.118. The van der Waals surface area contributed by atoms with E-state index in [4.69, 9.17) is 0 Å². The van der Waals surface area contributed by atoms with E-state index in [1.165, 1.54) is 0 Å². The molecule has 2 aromatic carbocycles. The van der Waals surface area contributed by atoms with Gasteiger partial charge in [0.15, 0.2) is 0 Å². The molecule has 0 aliphatic heterocycles. The summed E-state index contributed by atoms with van der Waals surface area (Å²) >= 11 is 3.48. The molecule has 0 amide bonds. The molecule has 1 aromatic heterocycles. The van der Waals surface area contributed by atoms with Crippen LogP contribution in [0.15, 0.2) is 59.3 Å². The van der Waals surface area contributed by atoms with Gasteiger partial charge in [0.25, 0.3) is 0 Å². The van der Waals surface area contributed by atoms with E-state index in [1.54, 1.807) is 6.20 Å². The number of aliphatic hydroxyl groups excluding tert-OH is 1. The van der Waals surface area contributed by atoms with E-state index in [0.29, 0.717) is 0 Å². The summed E-state index contributed by atoms with van der Waals surface area (Å²) in [6, 6.07) is 13.9. The van der Waals surface area contributed by atoms with E-state index in [1.807, 2.05) is 55.6 Å². The summed E-state index contributed by atoms with van der Waals surface area (Å²) in [5, 5.41) is 12.8. The minimum atomic E-state index is -0.676. The summed E-state index contributed by atoms with van der Waals surface area (Å²) in [7, 11) is 0. The summed E-state index contributed by atoms with van der Waals surface area (Å²) in [6.07, 6.45) is 2.88. The maximum atomic E-state index is 10.7. The SMILES string of the molecule is Cc1cc(Br)cc(C(O)c2cncc3ccccc23)c1. The number of benzene rings is 2. The number of aliphatic hydroxyl groups is 1. The lowest BCUT2D eigenvalue weighted by atomic mass is 9.97. The van der Waals surface area contributed by atoms with Crippen LogP contribution in [0.3, 0.4) is 0 Å². The topological polar surface area (TPSA) is 33.1 Å². The molecule has 0 spiro atoms. The van der Waals surface area contributed by atoms with Crippen molar-refractivity contribution >= 4 is 26.7 Å². The molecule has 3 heteroatoms. The predicted molar refractivity (Wildman–Crippen MR) is 84.7 cm³/mol. The first kappa shape index (κ1) is 13.3. The number of rotatable bonds is 2. The highest BCUT2D eigenvalue weighted by molar-refractivity contribution is 9.10. The predicted octanol–water partition coefficient (Wildman–Crippen LogP) is 4.39. The Morgan fingerprint density at radius 3 is 2.70 bits per heavy atom. The highest BCUT2D eigenvalue weighted by Gasteiger charge is 2.14. The Labute approximate surface area is 126 Å². The van der Waals surface area contributed by atoms with Crippen LogP contribution in [0.2, 0.25) is 0 Å². The monoisotopic (exact) mass is 327 g/mol. The molecular weight excluding hydrogens is 314 g/mol. The molecule has 0 aliphatic carbocycles. The van der Waals surface area contributed by atoms with E-state index in [9.17, 15) is 5.11 Å². The summed E-state index contributed by atoms with van der Waals surface area (Å²) in [4.78, 5) is 4.23. The van der Waals surface area contributed by atoms with Gasteiger partial charge in [0.2, 0.25) is 0 Å². The first-order chi connectivity index (χ1) is 9.65. The van der Waals surface area contributed by atoms with Crippen molar-refractivity contribution in [1.82, 2.24) is 4.98 Å². The maximum Gasteiger partial charge on any atom is 0.106 e. The van der Waals surface area contributed by atoms with Crippen molar-refractivity contribution in [1.29, 1.82) is 0 Å². The van der Waals surface area contributed by atoms with Crippen LogP contribution < -0.4 is 0 Å². The van der Waals surface area contributed by atoms with Gasteiger partial charge >= 0.3 is 0 Å². The van der Waals surface area contributed by atoms with Crippen LogP contribution in [0.1, 0.15) is 22.8 Å². The van der Waals surface area contributed by atoms with Gasteiger partial charge in [0, 0.05) is 27.8 Å². The largest absolute Gasteiger partial charge is 0.384 e. The minimum absolute atomic E-state index is 0.676. The third-order valence-electron chi connectivity index (χ3n) is 3.37. The Hall–Kier alpha value is -1.71. The van der Waals surface area contributed by atoms with Gasteiger partial charge in [-0.05, 0) is 35.6 Å². The second-order valence-corrected chi connectivity index (χ2v) is 5.83. The molecule has 0 bridgehead atoms. The minimum Gasteiger partial charge on any atom is -0.384 e. The van der Waals surface area contributed by atoms with Crippen LogP contribution in [-0.4, -0.2) is 10.1 Å². The average Bonchev–Trinajstić information content (AvgIpc) is 2.45. The lowest BCUT2D eigenvalue weighted by Gasteiger charge is -2.14. The molecule has 1 N–H and O–H groups in total. The van der Waals surface area contributed by atoms with Gasteiger partial charge in [0.1, 0.15) is 6.10 Å². The molecule has 1 heterocycles. The van der Waals surface area contributed by atoms with Crippen LogP contribution >= 0.6 is 15.9 Å². The lowest BCUT2D eigenvalue weighted by molar-refractivity contribution is 0.221. The second-order valence-electron chi connectivity index (χ2n) is 4.91. The Morgan fingerprint density at radius 2 is 1.90 bits per heavy atom. The van der Waals surface area contributed by atoms with Crippen LogP contribution in [0, 0.1) is 6.92 Å². The summed E-state index contributed by atoms with van der Waals surface area (Å²) < 4.78 is 0.972. The van der Waals surface area contributed by atoms with Crippen LogP contribution in [0.4, 0.5) is 0 Å². The van der Waals surface area contributed by atoms with E-state index >= 15 is 0 Å². The van der Waals surface area contributed by atoms with Crippen molar-refractivity contribution in [3.8, 4) is 0 Å². The Bertz CT molecular complexity index is 744. The number of hydrogen-bond donors (Lipinski definition) is 1. The number of hydrogen-bond acceptors (Lipinski definition) is 2. The number of halogens is 1. The molecular formula is C17H14BrNO. The molecule has 2 nitrogen and oxygen atoms in total. The molecule has 3 aromatic rings. The molecule has 1 unspecified atom stereocenters. The Balaban J connectivity index is 2.15. The van der Waals surface area contributed by atoms with Gasteiger partial charge in [-0.3, -0.25) is 4.98 Å². The average molecular weight is 328 g/mol. The van der Waals surface area contributed by atoms with Crippen molar-refractivity contribution in [3.63, 3.8) is 0 Å². The molecule has 0 radical (unpaired) electrons. The fourth-order valence-corrected chi connectivity index (χ4v) is 3.09. The number of pyridine rings is 1. The van der Waals surface area contributed by atoms with E-state index < -0.39 is 6.10 Å². The third kappa shape index (κ3) is 2.47. The lowest BCUT2D eigenvalue weighted by Crippen LogP contribution is -2.02. The van der Waals surface area contributed by atoms with Crippen molar-refractivity contribution in [2.45, 2.75) is 13.0 Å². The normalized spacial score (nSPS) is 12.6. The molecule has 0 saturated carbocycles. The summed E-state index contributed by atoms with van der Waals surface area (Å²) in [5.74, 6) is 0. The molecule has 0 aliphatic rings. The van der Waals surface area contributed by atoms with Crippen molar-refractivity contribution in [3.05, 3.63) is 76.0 Å². The van der Waals surface area contributed by atoms with Crippen LogP contribution in [-0.2, 0) is 0 Å². The second kappa shape index (κ2) is 5.35. The van der Waals surface area contributed by atoms with Gasteiger partial charge < -0.3 is 5.11 Å². The smallest absolute Gasteiger partial charge is 0.106 e. The van der Waals surface area contributed by atoms with Crippen molar-refractivity contribution in [2.75, 3.05) is 0 Å². The van der Waals surface area contributed by atoms with Gasteiger partial charge in [0.05, 0.1) is 0 Å². The molecule has 0 saturated heterocycles. The van der Waals surface area contributed by atoms with Crippen molar-refractivity contribution in [2.24, 2.45) is 0 Å². The molecule has 1 atom stereocenters. The van der Waals surface area contributed by atoms with Crippen LogP contribution in [0.5, 0.6) is 0 Å². The van der Waals surface area contributed by atoms with E-state index in [0.717, 1.165) is 31.9 Å². The zero-order chi connectivity index (χ0) is 14.1. The quantitative estimate of drug-likeness (QED) is 0.757. The highest BCUT2D eigenvalue weighted by atomic mass is 79.9. The first-order valence-corrected chi connectivity index (χ1v) is 7.22. The molecule has 3 rings (SSSR count). The van der Waals surface area contributed by atoms with E-state index in [2.05, 4.69) is 20.9 Å². The third-order valence-corrected chi connectivity index (χ3v) is 3.83. The number of fused-ring (bicyclic) bond motifs is 1. The van der Waals surface area contributed by atoms with Gasteiger partial charge in [-0.1, -0.05) is 46.3 Å². The fourth-order valence-electron chi connectivity index (χ4n) is 2.46. The first-order valence-electron chi connectivity index (χ1n) is 6.43. The van der Waals surface area contributed by atoms with Crippen LogP contribution in [0.25, 0.3) is 10.8 Å². The highest BCUT2D eigenvalue weighted by Crippen LogP contribution is 2.30. The zero-order valence-corrected chi connectivity index (χ0v) is 12.6. The number of nitrogens with zero attached hydrogens (tertiary/aromatic N) is 1. The summed E-state index contributed by atoms with van der Waals surface area (Å²) in [6.45, 7) is 2.02. The molecule has 0 fully saturated rings. The summed E-state index contributed by atoms with van der Waals surface area (Å²) in [5.41, 5.74) is 2.82. The maximum absolute atomic E-state index is 10.7. The Morgan fingerprint density at radius 1 is 1.10 bits per heavy atom. The van der Waals surface area contributed by atoms with E-state index in [-0.39, 0.29) is 0 Å². The van der Waals surface area contributed by atoms with Crippen molar-refractivity contribution < 1.29 is 5.11 Å². The van der Waals surface area contributed by atoms with Gasteiger partial charge in [-0.25, -0.2) is 0 Å². The van der Waals surface area contributed by atoms with Gasteiger partial charge in [-0.15, -0.1) is 0 Å².